The number of nitrogens with one attached hydrogen (secondary N) is 1. The Hall–Kier alpha value is -1.70. The van der Waals surface area contributed by atoms with Crippen molar-refractivity contribution in [3.63, 3.8) is 0 Å². The van der Waals surface area contributed by atoms with Crippen molar-refractivity contribution in [3.8, 4) is 0 Å². The van der Waals surface area contributed by atoms with Gasteiger partial charge in [-0.2, -0.15) is 13.2 Å². The minimum atomic E-state index is -4.44. The molecule has 8 heteroatoms. The number of alkyl halides is 3. The van der Waals surface area contributed by atoms with E-state index in [2.05, 4.69) is 20.5 Å². The summed E-state index contributed by atoms with van der Waals surface area (Å²) in [6.45, 7) is 0.361. The molecular weight excluding hydrogens is 253 g/mol. The number of aromatic nitrogens is 3. The van der Waals surface area contributed by atoms with E-state index in [1.807, 2.05) is 6.07 Å². The van der Waals surface area contributed by atoms with Crippen LogP contribution in [0.25, 0.3) is 0 Å². The van der Waals surface area contributed by atoms with Crippen molar-refractivity contribution in [1.29, 1.82) is 0 Å². The molecule has 0 aromatic carbocycles. The van der Waals surface area contributed by atoms with E-state index >= 15 is 0 Å². The minimum Gasteiger partial charge on any atom is -0.356 e. The molecule has 1 N–H and O–H groups in total. The lowest BCUT2D eigenvalue weighted by molar-refractivity contribution is -0.138. The molecule has 0 aliphatic rings. The first-order chi connectivity index (χ1) is 8.05. The third-order valence-electron chi connectivity index (χ3n) is 1.83. The summed E-state index contributed by atoms with van der Waals surface area (Å²) in [6.07, 6.45) is -1.19. The van der Waals surface area contributed by atoms with Crippen molar-refractivity contribution >= 4 is 16.5 Å². The molecule has 0 unspecified atom stereocenters. The summed E-state index contributed by atoms with van der Waals surface area (Å²) >= 11 is 0.480. The fraction of sp³-hybridized carbons (Fsp3) is 0.222. The van der Waals surface area contributed by atoms with Crippen LogP contribution in [0.15, 0.2) is 24.5 Å². The second kappa shape index (κ2) is 4.66. The third kappa shape index (κ3) is 3.13. The number of hydrogen-bond donors (Lipinski definition) is 1. The van der Waals surface area contributed by atoms with Crippen LogP contribution in [-0.2, 0) is 12.7 Å². The van der Waals surface area contributed by atoms with Gasteiger partial charge in [-0.05, 0) is 11.6 Å². The first-order valence-corrected chi connectivity index (χ1v) is 5.41. The van der Waals surface area contributed by atoms with Crippen molar-refractivity contribution in [2.75, 3.05) is 5.32 Å². The number of hydrogen-bond acceptors (Lipinski definition) is 5. The molecule has 0 bridgehead atoms. The Labute approximate surface area is 98.5 Å². The van der Waals surface area contributed by atoms with E-state index in [4.69, 9.17) is 0 Å². The number of halogens is 3. The topological polar surface area (TPSA) is 50.7 Å². The van der Waals surface area contributed by atoms with Gasteiger partial charge in [0, 0.05) is 18.9 Å². The van der Waals surface area contributed by atoms with Gasteiger partial charge in [0.1, 0.15) is 0 Å². The highest BCUT2D eigenvalue weighted by molar-refractivity contribution is 7.15. The highest BCUT2D eigenvalue weighted by Gasteiger charge is 2.35. The number of anilines is 1. The normalized spacial score (nSPS) is 11.5. The van der Waals surface area contributed by atoms with Gasteiger partial charge in [-0.1, -0.05) is 17.4 Å². The number of rotatable bonds is 3. The first-order valence-electron chi connectivity index (χ1n) is 4.59. The maximum absolute atomic E-state index is 12.2. The molecule has 17 heavy (non-hydrogen) atoms. The average molecular weight is 260 g/mol. The molecule has 0 amide bonds. The molecule has 0 aliphatic carbocycles. The van der Waals surface area contributed by atoms with Gasteiger partial charge in [0.25, 0.3) is 0 Å². The largest absolute Gasteiger partial charge is 0.445 e. The Morgan fingerprint density at radius 3 is 2.71 bits per heavy atom. The zero-order chi connectivity index (χ0) is 12.3. The molecule has 0 fully saturated rings. The van der Waals surface area contributed by atoms with Gasteiger partial charge in [-0.25, -0.2) is 0 Å². The quantitative estimate of drug-likeness (QED) is 0.921. The lowest BCUT2D eigenvalue weighted by Crippen LogP contribution is -2.03. The monoisotopic (exact) mass is 260 g/mol. The predicted molar refractivity (Wildman–Crippen MR) is 56.5 cm³/mol. The molecule has 0 radical (unpaired) electrons. The summed E-state index contributed by atoms with van der Waals surface area (Å²) in [6, 6.07) is 3.56. The SMILES string of the molecule is FC(F)(F)c1nnc(NCc2cccnc2)s1. The average Bonchev–Trinajstić information content (AvgIpc) is 2.76. The smallest absolute Gasteiger partial charge is 0.356 e. The molecule has 0 atom stereocenters. The molecule has 90 valence electrons. The third-order valence-corrected chi connectivity index (χ3v) is 2.76. The van der Waals surface area contributed by atoms with Crippen LogP contribution in [0.1, 0.15) is 10.6 Å². The molecule has 0 spiro atoms. The summed E-state index contributed by atoms with van der Waals surface area (Å²) in [7, 11) is 0. The molecular formula is C9H7F3N4S. The Balaban J connectivity index is 1.99. The van der Waals surface area contributed by atoms with Crippen LogP contribution in [0.3, 0.4) is 0 Å². The second-order valence-corrected chi connectivity index (χ2v) is 4.10. The zero-order valence-corrected chi connectivity index (χ0v) is 9.22. The summed E-state index contributed by atoms with van der Waals surface area (Å²) in [5, 5.41) is 8.43. The van der Waals surface area contributed by atoms with Crippen LogP contribution in [-0.4, -0.2) is 15.2 Å². The molecule has 4 nitrogen and oxygen atoms in total. The maximum Gasteiger partial charge on any atom is 0.445 e. The van der Waals surface area contributed by atoms with E-state index in [1.54, 1.807) is 18.5 Å². The van der Waals surface area contributed by atoms with Crippen LogP contribution < -0.4 is 5.32 Å². The van der Waals surface area contributed by atoms with Gasteiger partial charge >= 0.3 is 6.18 Å². The molecule has 0 saturated heterocycles. The van der Waals surface area contributed by atoms with Gasteiger partial charge in [-0.15, -0.1) is 10.2 Å². The van der Waals surface area contributed by atoms with Crippen molar-refractivity contribution in [2.24, 2.45) is 0 Å². The van der Waals surface area contributed by atoms with Crippen LogP contribution in [0.5, 0.6) is 0 Å². The van der Waals surface area contributed by atoms with E-state index in [1.165, 1.54) is 0 Å². The highest BCUT2D eigenvalue weighted by atomic mass is 32.1. The lowest BCUT2D eigenvalue weighted by atomic mass is 10.3. The van der Waals surface area contributed by atoms with E-state index in [0.29, 0.717) is 17.9 Å². The van der Waals surface area contributed by atoms with Gasteiger partial charge in [-0.3, -0.25) is 4.98 Å². The van der Waals surface area contributed by atoms with E-state index in [0.717, 1.165) is 5.56 Å². The summed E-state index contributed by atoms with van der Waals surface area (Å²) in [5.74, 6) is 0. The van der Waals surface area contributed by atoms with Crippen molar-refractivity contribution in [2.45, 2.75) is 12.7 Å². The van der Waals surface area contributed by atoms with Gasteiger partial charge in [0.05, 0.1) is 0 Å². The Bertz CT molecular complexity index is 482. The van der Waals surface area contributed by atoms with Crippen molar-refractivity contribution < 1.29 is 13.2 Å². The summed E-state index contributed by atoms with van der Waals surface area (Å²) in [5.41, 5.74) is 0.858. The van der Waals surface area contributed by atoms with Crippen LogP contribution in [0.4, 0.5) is 18.3 Å². The molecule has 0 aliphatic heterocycles. The minimum absolute atomic E-state index is 0.140. The maximum atomic E-state index is 12.2. The van der Waals surface area contributed by atoms with E-state index < -0.39 is 11.2 Å². The summed E-state index contributed by atoms with van der Waals surface area (Å²) in [4.78, 5) is 3.89. The molecule has 2 heterocycles. The first kappa shape index (κ1) is 11.8. The zero-order valence-electron chi connectivity index (χ0n) is 8.40. The molecule has 2 aromatic heterocycles. The van der Waals surface area contributed by atoms with Gasteiger partial charge in [0.2, 0.25) is 10.1 Å². The van der Waals surface area contributed by atoms with Crippen LogP contribution in [0, 0.1) is 0 Å². The van der Waals surface area contributed by atoms with Crippen LogP contribution >= 0.6 is 11.3 Å². The van der Waals surface area contributed by atoms with Gasteiger partial charge in [0.15, 0.2) is 0 Å². The summed E-state index contributed by atoms with van der Waals surface area (Å²) < 4.78 is 36.7. The second-order valence-electron chi connectivity index (χ2n) is 3.12. The lowest BCUT2D eigenvalue weighted by Gasteiger charge is -2.01. The molecule has 2 aromatic rings. The Morgan fingerprint density at radius 1 is 1.29 bits per heavy atom. The number of nitrogens with zero attached hydrogens (tertiary/aromatic N) is 3. The Morgan fingerprint density at radius 2 is 2.12 bits per heavy atom. The van der Waals surface area contributed by atoms with Crippen molar-refractivity contribution in [1.82, 2.24) is 15.2 Å². The Kier molecular flexibility index (Phi) is 3.23. The number of pyridine rings is 1. The fourth-order valence-corrected chi connectivity index (χ4v) is 1.70. The van der Waals surface area contributed by atoms with Gasteiger partial charge < -0.3 is 5.32 Å². The predicted octanol–water partition coefficient (Wildman–Crippen LogP) is 2.56. The fourth-order valence-electron chi connectivity index (χ4n) is 1.09. The highest BCUT2D eigenvalue weighted by Crippen LogP contribution is 2.32. The van der Waals surface area contributed by atoms with E-state index in [-0.39, 0.29) is 5.13 Å². The van der Waals surface area contributed by atoms with Crippen molar-refractivity contribution in [3.05, 3.63) is 35.1 Å². The molecule has 2 rings (SSSR count). The standard InChI is InChI=1S/C9H7F3N4S/c10-9(11,12)7-15-16-8(17-7)14-5-6-2-1-3-13-4-6/h1-4H,5H2,(H,14,16). The van der Waals surface area contributed by atoms with Crippen LogP contribution in [0.2, 0.25) is 0 Å². The van der Waals surface area contributed by atoms with E-state index in [9.17, 15) is 13.2 Å². The molecule has 0 saturated carbocycles.